The van der Waals surface area contributed by atoms with Gasteiger partial charge in [-0.3, -0.25) is 4.68 Å². The van der Waals surface area contributed by atoms with Crippen molar-refractivity contribution in [1.82, 2.24) is 19.7 Å². The van der Waals surface area contributed by atoms with E-state index < -0.39 is 9.05 Å². The van der Waals surface area contributed by atoms with E-state index in [9.17, 15) is 8.42 Å². The van der Waals surface area contributed by atoms with Crippen molar-refractivity contribution in [2.45, 2.75) is 38.1 Å². The molecule has 0 saturated carbocycles. The van der Waals surface area contributed by atoms with Crippen LogP contribution in [-0.4, -0.2) is 28.2 Å². The highest BCUT2D eigenvalue weighted by molar-refractivity contribution is 8.13. The van der Waals surface area contributed by atoms with E-state index in [0.717, 1.165) is 0 Å². The van der Waals surface area contributed by atoms with Crippen molar-refractivity contribution < 1.29 is 8.42 Å². The van der Waals surface area contributed by atoms with Crippen LogP contribution in [0.15, 0.2) is 23.4 Å². The zero-order valence-corrected chi connectivity index (χ0v) is 12.8. The Labute approximate surface area is 122 Å². The van der Waals surface area contributed by atoms with Gasteiger partial charge in [0.05, 0.1) is 11.4 Å². The molecule has 0 aliphatic carbocycles. The predicted octanol–water partition coefficient (Wildman–Crippen LogP) is 1.77. The SMILES string of the molecule is CCc1nn(Cc2ncccn2)c(CC)c1S(=O)(=O)Cl. The summed E-state index contributed by atoms with van der Waals surface area (Å²) in [5, 5.41) is 4.33. The van der Waals surface area contributed by atoms with Gasteiger partial charge in [0.2, 0.25) is 0 Å². The van der Waals surface area contributed by atoms with Gasteiger partial charge in [-0.1, -0.05) is 13.8 Å². The Morgan fingerprint density at radius 3 is 2.35 bits per heavy atom. The minimum absolute atomic E-state index is 0.125. The van der Waals surface area contributed by atoms with Crippen LogP contribution in [0.25, 0.3) is 0 Å². The van der Waals surface area contributed by atoms with E-state index in [-0.39, 0.29) is 4.90 Å². The Morgan fingerprint density at radius 2 is 1.85 bits per heavy atom. The fourth-order valence-corrected chi connectivity index (χ4v) is 3.60. The molecule has 0 atom stereocenters. The van der Waals surface area contributed by atoms with Crippen LogP contribution in [0.5, 0.6) is 0 Å². The van der Waals surface area contributed by atoms with Gasteiger partial charge in [-0.15, -0.1) is 0 Å². The Balaban J connectivity index is 2.52. The van der Waals surface area contributed by atoms with Gasteiger partial charge < -0.3 is 0 Å². The van der Waals surface area contributed by atoms with Crippen molar-refractivity contribution in [3.05, 3.63) is 35.7 Å². The van der Waals surface area contributed by atoms with E-state index in [2.05, 4.69) is 15.1 Å². The van der Waals surface area contributed by atoms with E-state index in [1.54, 1.807) is 23.1 Å². The third-order valence-corrected chi connectivity index (χ3v) is 4.32. The summed E-state index contributed by atoms with van der Waals surface area (Å²) < 4.78 is 25.1. The standard InChI is InChI=1S/C12H15ClN4O2S/c1-3-9-12(20(13,18)19)10(4-2)17(16-9)8-11-14-6-5-7-15-11/h5-7H,3-4,8H2,1-2H3. The monoisotopic (exact) mass is 314 g/mol. The zero-order chi connectivity index (χ0) is 14.8. The molecular formula is C12H15ClN4O2S. The summed E-state index contributed by atoms with van der Waals surface area (Å²) in [6, 6.07) is 1.72. The van der Waals surface area contributed by atoms with Crippen molar-refractivity contribution in [3.8, 4) is 0 Å². The summed E-state index contributed by atoms with van der Waals surface area (Å²) in [7, 11) is 1.72. The quantitative estimate of drug-likeness (QED) is 0.786. The summed E-state index contributed by atoms with van der Waals surface area (Å²) in [6.07, 6.45) is 4.28. The van der Waals surface area contributed by atoms with E-state index in [1.807, 2.05) is 13.8 Å². The van der Waals surface area contributed by atoms with Crippen LogP contribution in [0.4, 0.5) is 0 Å². The van der Waals surface area contributed by atoms with Gasteiger partial charge in [-0.05, 0) is 18.9 Å². The molecule has 0 bridgehead atoms. The highest BCUT2D eigenvalue weighted by Gasteiger charge is 2.25. The van der Waals surface area contributed by atoms with E-state index in [1.165, 1.54) is 0 Å². The lowest BCUT2D eigenvalue weighted by atomic mass is 10.2. The van der Waals surface area contributed by atoms with Crippen LogP contribution in [0.2, 0.25) is 0 Å². The second-order valence-electron chi connectivity index (χ2n) is 4.19. The fourth-order valence-electron chi connectivity index (χ4n) is 2.07. The minimum Gasteiger partial charge on any atom is -0.260 e. The first-order chi connectivity index (χ1) is 9.47. The average Bonchev–Trinajstić information content (AvgIpc) is 2.77. The summed E-state index contributed by atoms with van der Waals surface area (Å²) in [4.78, 5) is 8.37. The first-order valence-electron chi connectivity index (χ1n) is 6.26. The summed E-state index contributed by atoms with van der Waals surface area (Å²) >= 11 is 0. The number of nitrogens with zero attached hydrogens (tertiary/aromatic N) is 4. The molecule has 2 rings (SSSR count). The maximum atomic E-state index is 11.7. The highest BCUT2D eigenvalue weighted by Crippen LogP contribution is 2.25. The number of aryl methyl sites for hydroxylation is 1. The van der Waals surface area contributed by atoms with Crippen molar-refractivity contribution in [2.24, 2.45) is 0 Å². The number of aromatic nitrogens is 4. The van der Waals surface area contributed by atoms with Gasteiger partial charge in [0.15, 0.2) is 0 Å². The second kappa shape index (κ2) is 5.88. The van der Waals surface area contributed by atoms with Crippen LogP contribution >= 0.6 is 10.7 Å². The van der Waals surface area contributed by atoms with Crippen LogP contribution in [0, 0.1) is 0 Å². The number of halogens is 1. The molecule has 108 valence electrons. The number of hydrogen-bond donors (Lipinski definition) is 0. The van der Waals surface area contributed by atoms with E-state index in [0.29, 0.717) is 36.6 Å². The lowest BCUT2D eigenvalue weighted by Crippen LogP contribution is -2.09. The molecule has 2 heterocycles. The van der Waals surface area contributed by atoms with Crippen molar-refractivity contribution in [1.29, 1.82) is 0 Å². The van der Waals surface area contributed by atoms with Crippen LogP contribution in [-0.2, 0) is 28.4 Å². The molecule has 8 heteroatoms. The summed E-state index contributed by atoms with van der Waals surface area (Å²) in [5.41, 5.74) is 1.07. The van der Waals surface area contributed by atoms with Gasteiger partial charge in [-0.2, -0.15) is 5.10 Å². The average molecular weight is 315 g/mol. The molecule has 6 nitrogen and oxygen atoms in total. The lowest BCUT2D eigenvalue weighted by molar-refractivity contribution is 0.602. The topological polar surface area (TPSA) is 77.7 Å². The molecule has 0 aliphatic heterocycles. The van der Waals surface area contributed by atoms with Crippen molar-refractivity contribution in [3.63, 3.8) is 0 Å². The van der Waals surface area contributed by atoms with Crippen LogP contribution < -0.4 is 0 Å². The molecular weight excluding hydrogens is 300 g/mol. The molecule has 0 radical (unpaired) electrons. The Kier molecular flexibility index (Phi) is 4.39. The Hall–Kier alpha value is -1.47. The molecule has 0 N–H and O–H groups in total. The third-order valence-electron chi connectivity index (χ3n) is 2.90. The van der Waals surface area contributed by atoms with Gasteiger partial charge >= 0.3 is 0 Å². The molecule has 0 aromatic carbocycles. The molecule has 0 unspecified atom stereocenters. The van der Waals surface area contributed by atoms with E-state index >= 15 is 0 Å². The summed E-state index contributed by atoms with van der Waals surface area (Å²) in [6.45, 7) is 4.03. The second-order valence-corrected chi connectivity index (χ2v) is 6.69. The third kappa shape index (κ3) is 2.99. The van der Waals surface area contributed by atoms with Crippen molar-refractivity contribution in [2.75, 3.05) is 0 Å². The molecule has 0 spiro atoms. The van der Waals surface area contributed by atoms with Gasteiger partial charge in [0.25, 0.3) is 9.05 Å². The number of rotatable bonds is 5. The first-order valence-corrected chi connectivity index (χ1v) is 8.57. The summed E-state index contributed by atoms with van der Waals surface area (Å²) in [5.74, 6) is 0.575. The molecule has 2 aromatic heterocycles. The van der Waals surface area contributed by atoms with Crippen LogP contribution in [0.3, 0.4) is 0 Å². The van der Waals surface area contributed by atoms with Crippen molar-refractivity contribution >= 4 is 19.7 Å². The van der Waals surface area contributed by atoms with Gasteiger partial charge in [0, 0.05) is 23.1 Å². The van der Waals surface area contributed by atoms with E-state index in [4.69, 9.17) is 10.7 Å². The normalized spacial score (nSPS) is 11.8. The minimum atomic E-state index is -3.81. The first kappa shape index (κ1) is 14.9. The molecule has 0 fully saturated rings. The molecule has 20 heavy (non-hydrogen) atoms. The zero-order valence-electron chi connectivity index (χ0n) is 11.2. The predicted molar refractivity (Wildman–Crippen MR) is 75.2 cm³/mol. The largest absolute Gasteiger partial charge is 0.264 e. The Bertz CT molecular complexity index is 698. The van der Waals surface area contributed by atoms with Gasteiger partial charge in [0.1, 0.15) is 17.3 Å². The molecule has 0 amide bonds. The fraction of sp³-hybridized carbons (Fsp3) is 0.417. The lowest BCUT2D eigenvalue weighted by Gasteiger charge is -2.05. The molecule has 2 aromatic rings. The maximum absolute atomic E-state index is 11.7. The smallest absolute Gasteiger partial charge is 0.260 e. The maximum Gasteiger partial charge on any atom is 0.264 e. The molecule has 0 aliphatic rings. The molecule has 0 saturated heterocycles. The number of hydrogen-bond acceptors (Lipinski definition) is 5. The highest BCUT2D eigenvalue weighted by atomic mass is 35.7. The van der Waals surface area contributed by atoms with Crippen LogP contribution in [0.1, 0.15) is 31.1 Å². The Morgan fingerprint density at radius 1 is 1.20 bits per heavy atom. The van der Waals surface area contributed by atoms with Gasteiger partial charge in [-0.25, -0.2) is 18.4 Å².